The third kappa shape index (κ3) is 3.76. The van der Waals surface area contributed by atoms with Crippen molar-refractivity contribution >= 4 is 21.8 Å². The number of nitrogens with zero attached hydrogens (tertiary/aromatic N) is 2. The monoisotopic (exact) mass is 241 g/mol. The van der Waals surface area contributed by atoms with Gasteiger partial charge >= 0.3 is 0 Å². The zero-order valence-electron chi connectivity index (χ0n) is 6.83. The second kappa shape index (κ2) is 5.38. The van der Waals surface area contributed by atoms with Gasteiger partial charge in [-0.1, -0.05) is 0 Å². The Hall–Kier alpha value is -1.28. The summed E-state index contributed by atoms with van der Waals surface area (Å²) in [7, 11) is 0. The molecule has 1 aromatic heterocycles. The molecule has 5 heteroatoms. The molecule has 68 valence electrons. The van der Waals surface area contributed by atoms with Gasteiger partial charge in [0.2, 0.25) is 0 Å². The van der Waals surface area contributed by atoms with Gasteiger partial charge in [0.25, 0.3) is 5.91 Å². The normalized spacial score (nSPS) is 8.69. The van der Waals surface area contributed by atoms with E-state index in [2.05, 4.69) is 37.0 Å². The number of aromatic nitrogens is 2. The molecule has 1 heterocycles. The molecule has 1 rings (SSSR count). The zero-order chi connectivity index (χ0) is 9.52. The van der Waals surface area contributed by atoms with E-state index in [0.29, 0.717) is 13.1 Å². The molecule has 4 nitrogen and oxygen atoms in total. The topological polar surface area (TPSA) is 46.9 Å². The molecule has 1 amide bonds. The zero-order valence-corrected chi connectivity index (χ0v) is 8.41. The van der Waals surface area contributed by atoms with E-state index < -0.39 is 0 Å². The highest BCUT2D eigenvalue weighted by molar-refractivity contribution is 9.12. The fraction of sp³-hybridized carbons (Fsp3) is 0.250. The molecule has 1 N–H and O–H groups in total. The summed E-state index contributed by atoms with van der Waals surface area (Å²) in [6, 6.07) is 0. The number of amides is 1. The van der Waals surface area contributed by atoms with Crippen LogP contribution in [-0.2, 0) is 11.3 Å². The van der Waals surface area contributed by atoms with Gasteiger partial charge in [-0.15, -0.1) is 0 Å². The first-order valence-corrected chi connectivity index (χ1v) is 4.47. The Morgan fingerprint density at radius 2 is 2.54 bits per heavy atom. The lowest BCUT2D eigenvalue weighted by Crippen LogP contribution is -2.25. The molecule has 0 aliphatic heterocycles. The van der Waals surface area contributed by atoms with Gasteiger partial charge in [0, 0.05) is 47.3 Å². The lowest BCUT2D eigenvalue weighted by atomic mass is 10.5. The van der Waals surface area contributed by atoms with Crippen LogP contribution in [0.25, 0.3) is 0 Å². The average molecular weight is 242 g/mol. The number of nitrogens with one attached hydrogen (secondary N) is 1. The summed E-state index contributed by atoms with van der Waals surface area (Å²) in [5, 5.41) is 2.63. The van der Waals surface area contributed by atoms with Gasteiger partial charge < -0.3 is 9.88 Å². The summed E-state index contributed by atoms with van der Waals surface area (Å²) >= 11 is 2.84. The van der Waals surface area contributed by atoms with Crippen LogP contribution in [0.5, 0.6) is 0 Å². The fourth-order valence-corrected chi connectivity index (χ4v) is 0.985. The molecule has 0 fully saturated rings. The van der Waals surface area contributed by atoms with E-state index in [0.717, 1.165) is 0 Å². The highest BCUT2D eigenvalue weighted by Gasteiger charge is 1.93. The molecule has 1 aromatic rings. The lowest BCUT2D eigenvalue weighted by molar-refractivity contribution is -0.115. The number of carbonyl (C=O) groups excluding carboxylic acids is 1. The maximum atomic E-state index is 10.8. The molecule has 0 unspecified atom stereocenters. The van der Waals surface area contributed by atoms with Crippen LogP contribution in [0.3, 0.4) is 0 Å². The Bertz CT molecular complexity index is 323. The number of halogens is 1. The van der Waals surface area contributed by atoms with Crippen LogP contribution in [0.1, 0.15) is 0 Å². The van der Waals surface area contributed by atoms with Crippen molar-refractivity contribution in [3.8, 4) is 10.8 Å². The molecular weight excluding hydrogens is 234 g/mol. The van der Waals surface area contributed by atoms with Crippen molar-refractivity contribution in [2.24, 2.45) is 0 Å². The van der Waals surface area contributed by atoms with Crippen LogP contribution in [0.4, 0.5) is 0 Å². The van der Waals surface area contributed by atoms with Crippen molar-refractivity contribution in [2.45, 2.75) is 6.54 Å². The van der Waals surface area contributed by atoms with Gasteiger partial charge in [0.15, 0.2) is 0 Å². The van der Waals surface area contributed by atoms with Gasteiger partial charge in [-0.05, 0) is 4.83 Å². The second-order valence-electron chi connectivity index (χ2n) is 2.28. The number of carbonyl (C=O) groups is 1. The molecule has 0 saturated heterocycles. The summed E-state index contributed by atoms with van der Waals surface area (Å²) in [5.74, 6) is 2.04. The Kier molecular flexibility index (Phi) is 4.06. The van der Waals surface area contributed by atoms with Gasteiger partial charge in [0.1, 0.15) is 0 Å². The van der Waals surface area contributed by atoms with E-state index in [-0.39, 0.29) is 5.91 Å². The van der Waals surface area contributed by atoms with E-state index in [1.54, 1.807) is 12.5 Å². The summed E-state index contributed by atoms with van der Waals surface area (Å²) in [6.45, 7) is 1.26. The minimum absolute atomic E-state index is 0.281. The van der Waals surface area contributed by atoms with Crippen molar-refractivity contribution in [1.82, 2.24) is 14.9 Å². The van der Waals surface area contributed by atoms with Crippen LogP contribution in [0.15, 0.2) is 18.7 Å². The minimum Gasteiger partial charge on any atom is -0.343 e. The average Bonchev–Trinajstić information content (AvgIpc) is 2.57. The number of rotatable bonds is 3. The summed E-state index contributed by atoms with van der Waals surface area (Å²) in [4.78, 5) is 17.0. The fourth-order valence-electron chi connectivity index (χ4n) is 0.805. The molecule has 0 aliphatic rings. The van der Waals surface area contributed by atoms with Gasteiger partial charge in [-0.3, -0.25) is 4.79 Å². The van der Waals surface area contributed by atoms with Crippen LogP contribution in [-0.4, -0.2) is 22.0 Å². The van der Waals surface area contributed by atoms with E-state index in [9.17, 15) is 4.79 Å². The number of hydrogen-bond donors (Lipinski definition) is 1. The lowest BCUT2D eigenvalue weighted by Gasteiger charge is -2.01. The van der Waals surface area contributed by atoms with Crippen LogP contribution in [0, 0.1) is 10.8 Å². The van der Waals surface area contributed by atoms with Gasteiger partial charge in [0.05, 0.1) is 6.33 Å². The SMILES string of the molecule is O=C(C#CBr)NCCn1ccnc1. The van der Waals surface area contributed by atoms with Crippen molar-refractivity contribution in [1.29, 1.82) is 0 Å². The second-order valence-corrected chi connectivity index (χ2v) is 2.67. The first-order valence-electron chi connectivity index (χ1n) is 3.68. The molecule has 0 saturated carbocycles. The highest BCUT2D eigenvalue weighted by atomic mass is 79.9. The van der Waals surface area contributed by atoms with E-state index in [4.69, 9.17) is 0 Å². The standard InChI is InChI=1S/C8H8BrN3O/c9-2-1-8(13)11-4-6-12-5-3-10-7-12/h3,5,7H,4,6H2,(H,11,13). The van der Waals surface area contributed by atoms with Crippen molar-refractivity contribution in [3.05, 3.63) is 18.7 Å². The van der Waals surface area contributed by atoms with Crippen LogP contribution >= 0.6 is 15.9 Å². The number of imidazole rings is 1. The first-order chi connectivity index (χ1) is 6.33. The molecule has 0 aromatic carbocycles. The van der Waals surface area contributed by atoms with Gasteiger partial charge in [-0.25, -0.2) is 4.98 Å². The molecule has 0 aliphatic carbocycles. The van der Waals surface area contributed by atoms with Crippen molar-refractivity contribution in [2.75, 3.05) is 6.54 Å². The smallest absolute Gasteiger partial charge is 0.296 e. The summed E-state index contributed by atoms with van der Waals surface area (Å²) in [5.41, 5.74) is 0. The van der Waals surface area contributed by atoms with E-state index in [1.165, 1.54) is 0 Å². The third-order valence-electron chi connectivity index (χ3n) is 1.38. The molecule has 0 bridgehead atoms. The Balaban J connectivity index is 2.20. The predicted octanol–water partition coefficient (Wildman–Crippen LogP) is 0.355. The van der Waals surface area contributed by atoms with E-state index >= 15 is 0 Å². The summed E-state index contributed by atoms with van der Waals surface area (Å²) in [6.07, 6.45) is 5.23. The largest absolute Gasteiger partial charge is 0.343 e. The van der Waals surface area contributed by atoms with Crippen LogP contribution < -0.4 is 5.32 Å². The minimum atomic E-state index is -0.281. The molecule has 0 atom stereocenters. The molecule has 13 heavy (non-hydrogen) atoms. The van der Waals surface area contributed by atoms with E-state index in [1.807, 2.05) is 10.8 Å². The van der Waals surface area contributed by atoms with Crippen LogP contribution in [0.2, 0.25) is 0 Å². The number of hydrogen-bond acceptors (Lipinski definition) is 2. The maximum absolute atomic E-state index is 10.8. The predicted molar refractivity (Wildman–Crippen MR) is 51.9 cm³/mol. The third-order valence-corrected chi connectivity index (χ3v) is 1.57. The molecular formula is C8H8BrN3O. The Morgan fingerprint density at radius 3 is 3.15 bits per heavy atom. The molecule has 0 radical (unpaired) electrons. The maximum Gasteiger partial charge on any atom is 0.296 e. The Morgan fingerprint density at radius 1 is 1.69 bits per heavy atom. The summed E-state index contributed by atoms with van der Waals surface area (Å²) < 4.78 is 1.88. The highest BCUT2D eigenvalue weighted by Crippen LogP contribution is 1.83. The van der Waals surface area contributed by atoms with Crippen molar-refractivity contribution in [3.63, 3.8) is 0 Å². The first kappa shape index (κ1) is 9.81. The Labute approximate surface area is 84.5 Å². The van der Waals surface area contributed by atoms with Gasteiger partial charge in [-0.2, -0.15) is 0 Å². The molecule has 0 spiro atoms. The van der Waals surface area contributed by atoms with Crippen molar-refractivity contribution < 1.29 is 4.79 Å². The quantitative estimate of drug-likeness (QED) is 0.777.